The van der Waals surface area contributed by atoms with E-state index in [9.17, 15) is 4.79 Å². The van der Waals surface area contributed by atoms with Gasteiger partial charge in [0.2, 0.25) is 5.91 Å². The second-order valence-electron chi connectivity index (χ2n) is 6.99. The minimum absolute atomic E-state index is 0.0334. The molecule has 0 saturated carbocycles. The third-order valence-electron chi connectivity index (χ3n) is 4.94. The topological polar surface area (TPSA) is 38.8 Å². The van der Waals surface area contributed by atoms with Crippen LogP contribution >= 0.6 is 0 Å². The normalized spacial score (nSPS) is 15.1. The molecule has 4 heteroatoms. The van der Waals surface area contributed by atoms with Gasteiger partial charge in [-0.1, -0.05) is 30.3 Å². The third kappa shape index (κ3) is 4.91. The van der Waals surface area contributed by atoms with Crippen LogP contribution in [-0.2, 0) is 4.79 Å². The maximum atomic E-state index is 12.5. The van der Waals surface area contributed by atoms with Crippen molar-refractivity contribution in [2.24, 2.45) is 0 Å². The van der Waals surface area contributed by atoms with Crippen molar-refractivity contribution in [3.8, 4) is 11.5 Å². The molecule has 1 aliphatic heterocycles. The molecule has 1 aliphatic rings. The number of nitrogens with zero attached hydrogens (tertiary/aromatic N) is 1. The number of ether oxygens (including phenoxy) is 2. The van der Waals surface area contributed by atoms with Crippen LogP contribution in [0.1, 0.15) is 29.5 Å². The second-order valence-corrected chi connectivity index (χ2v) is 6.99. The quantitative estimate of drug-likeness (QED) is 0.738. The van der Waals surface area contributed by atoms with Crippen LogP contribution < -0.4 is 9.47 Å². The van der Waals surface area contributed by atoms with Gasteiger partial charge in [0, 0.05) is 37.6 Å². The van der Waals surface area contributed by atoms with Crippen LogP contribution in [0.4, 0.5) is 0 Å². The summed E-state index contributed by atoms with van der Waals surface area (Å²) in [6.45, 7) is 5.56. The number of carbonyl (C=O) groups excluding carboxylic acids is 1. The van der Waals surface area contributed by atoms with Crippen molar-refractivity contribution in [2.75, 3.05) is 20.2 Å². The van der Waals surface area contributed by atoms with E-state index < -0.39 is 0 Å². The highest BCUT2D eigenvalue weighted by Crippen LogP contribution is 2.24. The summed E-state index contributed by atoms with van der Waals surface area (Å²) in [5, 5.41) is 0. The zero-order valence-corrected chi connectivity index (χ0v) is 16.3. The number of piperidine rings is 1. The number of likely N-dealkylation sites (tertiary alicyclic amines) is 1. The minimum atomic E-state index is 0.0334. The summed E-state index contributed by atoms with van der Waals surface area (Å²) in [5.74, 6) is 1.75. The van der Waals surface area contributed by atoms with Crippen molar-refractivity contribution in [3.63, 3.8) is 0 Å². The van der Waals surface area contributed by atoms with Gasteiger partial charge in [-0.3, -0.25) is 4.79 Å². The minimum Gasteiger partial charge on any atom is -0.496 e. The Morgan fingerprint density at radius 2 is 1.81 bits per heavy atom. The standard InChI is InChI=1S/C23H27NO3/c1-17-8-9-18(2)22(16-17)27-20-12-14-24(15-13-20)23(25)11-10-19-6-4-5-7-21(19)26-3/h4-11,16,20H,12-15H2,1-3H3/b11-10+. The maximum Gasteiger partial charge on any atom is 0.246 e. The van der Waals surface area contributed by atoms with Crippen molar-refractivity contribution in [1.29, 1.82) is 0 Å². The molecule has 1 saturated heterocycles. The average molecular weight is 365 g/mol. The summed E-state index contributed by atoms with van der Waals surface area (Å²) < 4.78 is 11.5. The fraction of sp³-hybridized carbons (Fsp3) is 0.348. The lowest BCUT2D eigenvalue weighted by Crippen LogP contribution is -2.41. The molecule has 0 aromatic heterocycles. The number of aryl methyl sites for hydroxylation is 2. The van der Waals surface area contributed by atoms with Crippen LogP contribution in [0, 0.1) is 13.8 Å². The number of carbonyl (C=O) groups is 1. The molecule has 2 aromatic carbocycles. The van der Waals surface area contributed by atoms with Crippen LogP contribution in [-0.4, -0.2) is 37.1 Å². The molecule has 4 nitrogen and oxygen atoms in total. The molecular weight excluding hydrogens is 338 g/mol. The SMILES string of the molecule is COc1ccccc1/C=C/C(=O)N1CCC(Oc2cc(C)ccc2C)CC1. The van der Waals surface area contributed by atoms with Crippen molar-refractivity contribution >= 4 is 12.0 Å². The van der Waals surface area contributed by atoms with Crippen LogP contribution in [0.2, 0.25) is 0 Å². The Morgan fingerprint density at radius 3 is 2.56 bits per heavy atom. The number of hydrogen-bond acceptors (Lipinski definition) is 3. The van der Waals surface area contributed by atoms with Crippen LogP contribution in [0.5, 0.6) is 11.5 Å². The van der Waals surface area contributed by atoms with Crippen LogP contribution in [0.15, 0.2) is 48.5 Å². The Labute approximate surface area is 161 Å². The molecule has 1 fully saturated rings. The van der Waals surface area contributed by atoms with Gasteiger partial charge in [0.1, 0.15) is 17.6 Å². The Kier molecular flexibility index (Phi) is 6.17. The molecule has 142 valence electrons. The predicted octanol–water partition coefficient (Wildman–Crippen LogP) is 4.40. The van der Waals surface area contributed by atoms with E-state index in [1.54, 1.807) is 13.2 Å². The summed E-state index contributed by atoms with van der Waals surface area (Å²) >= 11 is 0. The van der Waals surface area contributed by atoms with E-state index >= 15 is 0 Å². The van der Waals surface area contributed by atoms with E-state index in [0.717, 1.165) is 35.5 Å². The van der Waals surface area contributed by atoms with E-state index in [-0.39, 0.29) is 12.0 Å². The van der Waals surface area contributed by atoms with E-state index in [1.807, 2.05) is 35.2 Å². The summed E-state index contributed by atoms with van der Waals surface area (Å²) in [7, 11) is 1.63. The lowest BCUT2D eigenvalue weighted by molar-refractivity contribution is -0.127. The van der Waals surface area contributed by atoms with Crippen LogP contribution in [0.25, 0.3) is 6.08 Å². The molecule has 0 unspecified atom stereocenters. The average Bonchev–Trinajstić information content (AvgIpc) is 2.69. The predicted molar refractivity (Wildman–Crippen MR) is 108 cm³/mol. The van der Waals surface area contributed by atoms with Gasteiger partial charge in [0.25, 0.3) is 0 Å². The monoisotopic (exact) mass is 365 g/mol. The highest BCUT2D eigenvalue weighted by atomic mass is 16.5. The maximum absolute atomic E-state index is 12.5. The molecule has 0 bridgehead atoms. The summed E-state index contributed by atoms with van der Waals surface area (Å²) in [4.78, 5) is 14.4. The Morgan fingerprint density at radius 1 is 1.07 bits per heavy atom. The van der Waals surface area contributed by atoms with E-state index in [2.05, 4.69) is 32.0 Å². The zero-order valence-electron chi connectivity index (χ0n) is 16.3. The van der Waals surface area contributed by atoms with Gasteiger partial charge in [-0.15, -0.1) is 0 Å². The summed E-state index contributed by atoms with van der Waals surface area (Å²) in [6.07, 6.45) is 5.31. The van der Waals surface area contributed by atoms with E-state index in [0.29, 0.717) is 13.1 Å². The first-order chi connectivity index (χ1) is 13.1. The van der Waals surface area contributed by atoms with E-state index in [1.165, 1.54) is 5.56 Å². The Balaban J connectivity index is 1.55. The highest BCUT2D eigenvalue weighted by Gasteiger charge is 2.23. The number of benzene rings is 2. The fourth-order valence-electron chi connectivity index (χ4n) is 3.28. The van der Waals surface area contributed by atoms with Crippen molar-refractivity contribution in [2.45, 2.75) is 32.8 Å². The molecule has 27 heavy (non-hydrogen) atoms. The molecule has 0 atom stereocenters. The largest absolute Gasteiger partial charge is 0.496 e. The molecule has 1 amide bonds. The molecular formula is C23H27NO3. The highest BCUT2D eigenvalue weighted by molar-refractivity contribution is 5.92. The smallest absolute Gasteiger partial charge is 0.246 e. The molecule has 0 spiro atoms. The van der Waals surface area contributed by atoms with Crippen molar-refractivity contribution in [1.82, 2.24) is 4.90 Å². The molecule has 1 heterocycles. The van der Waals surface area contributed by atoms with Gasteiger partial charge in [-0.25, -0.2) is 0 Å². The first-order valence-corrected chi connectivity index (χ1v) is 9.40. The summed E-state index contributed by atoms with van der Waals surface area (Å²) in [5.41, 5.74) is 3.25. The second kappa shape index (κ2) is 8.76. The van der Waals surface area contributed by atoms with Gasteiger partial charge in [0.15, 0.2) is 0 Å². The van der Waals surface area contributed by atoms with Gasteiger partial charge in [-0.2, -0.15) is 0 Å². The van der Waals surface area contributed by atoms with Gasteiger partial charge < -0.3 is 14.4 Å². The van der Waals surface area contributed by atoms with Gasteiger partial charge in [-0.05, 0) is 43.2 Å². The summed E-state index contributed by atoms with van der Waals surface area (Å²) in [6, 6.07) is 13.9. The van der Waals surface area contributed by atoms with Gasteiger partial charge >= 0.3 is 0 Å². The third-order valence-corrected chi connectivity index (χ3v) is 4.94. The van der Waals surface area contributed by atoms with Gasteiger partial charge in [0.05, 0.1) is 7.11 Å². The molecule has 3 rings (SSSR count). The molecule has 0 aliphatic carbocycles. The Hall–Kier alpha value is -2.75. The zero-order chi connectivity index (χ0) is 19.2. The molecule has 0 radical (unpaired) electrons. The first-order valence-electron chi connectivity index (χ1n) is 9.40. The number of hydrogen-bond donors (Lipinski definition) is 0. The van der Waals surface area contributed by atoms with Crippen molar-refractivity contribution in [3.05, 3.63) is 65.2 Å². The number of amides is 1. The lowest BCUT2D eigenvalue weighted by atomic mass is 10.1. The van der Waals surface area contributed by atoms with Crippen molar-refractivity contribution < 1.29 is 14.3 Å². The molecule has 0 N–H and O–H groups in total. The number of methoxy groups -OCH3 is 1. The first kappa shape index (κ1) is 19.0. The van der Waals surface area contributed by atoms with Crippen LogP contribution in [0.3, 0.4) is 0 Å². The number of rotatable bonds is 5. The molecule has 2 aromatic rings. The lowest BCUT2D eigenvalue weighted by Gasteiger charge is -2.32. The van der Waals surface area contributed by atoms with E-state index in [4.69, 9.17) is 9.47 Å². The fourth-order valence-corrected chi connectivity index (χ4v) is 3.28. The Bertz CT molecular complexity index is 820. The number of para-hydroxylation sites is 1.